The van der Waals surface area contributed by atoms with Crippen LogP contribution in [0.25, 0.3) is 0 Å². The highest BCUT2D eigenvalue weighted by Gasteiger charge is 2.30. The Bertz CT molecular complexity index is 942. The van der Waals surface area contributed by atoms with Gasteiger partial charge in [0.15, 0.2) is 0 Å². The Hall–Kier alpha value is -0.260. The first-order chi connectivity index (χ1) is 32.1. The SMILES string of the molecule is CCCCCCCCCCC(CCCCCCCC)CC1=C(CC(CCCCCCCC)CCCCCCCCCC)C(CC(CCCCCCCC)CCCCCCCCCC)CC1. The van der Waals surface area contributed by atoms with E-state index in [1.165, 1.54) is 334 Å². The predicted molar refractivity (Wildman–Crippen MR) is 300 cm³/mol. The van der Waals surface area contributed by atoms with E-state index in [0.29, 0.717) is 0 Å². The van der Waals surface area contributed by atoms with Crippen molar-refractivity contribution in [1.29, 1.82) is 0 Å². The van der Waals surface area contributed by atoms with Gasteiger partial charge in [0.05, 0.1) is 0 Å². The van der Waals surface area contributed by atoms with Gasteiger partial charge in [0.25, 0.3) is 0 Å². The van der Waals surface area contributed by atoms with E-state index in [1.807, 2.05) is 5.57 Å². The minimum absolute atomic E-state index is 0.910. The molecule has 0 heteroatoms. The molecule has 0 N–H and O–H groups in total. The molecule has 0 aromatic carbocycles. The highest BCUT2D eigenvalue weighted by molar-refractivity contribution is 5.24. The van der Waals surface area contributed by atoms with E-state index in [-0.39, 0.29) is 0 Å². The van der Waals surface area contributed by atoms with Crippen LogP contribution in [0, 0.1) is 23.7 Å². The quantitative estimate of drug-likeness (QED) is 0.0421. The lowest BCUT2D eigenvalue weighted by atomic mass is 9.78. The molecule has 0 nitrogen and oxygen atoms in total. The topological polar surface area (TPSA) is 0 Å². The van der Waals surface area contributed by atoms with Crippen molar-refractivity contribution in [2.24, 2.45) is 23.7 Å². The van der Waals surface area contributed by atoms with E-state index in [0.717, 1.165) is 23.7 Å². The van der Waals surface area contributed by atoms with E-state index in [2.05, 4.69) is 47.1 Å². The van der Waals surface area contributed by atoms with Gasteiger partial charge < -0.3 is 0 Å². The van der Waals surface area contributed by atoms with Crippen molar-refractivity contribution in [1.82, 2.24) is 0 Å². The summed E-state index contributed by atoms with van der Waals surface area (Å²) in [5.74, 6) is 3.78. The average Bonchev–Trinajstić information content (AvgIpc) is 3.68. The third-order valence-electron chi connectivity index (χ3n) is 16.7. The molecule has 0 fully saturated rings. The van der Waals surface area contributed by atoms with Crippen molar-refractivity contribution >= 4 is 0 Å². The molecule has 1 aliphatic carbocycles. The Morgan fingerprint density at radius 2 is 0.508 bits per heavy atom. The van der Waals surface area contributed by atoms with Gasteiger partial charge in [-0.25, -0.2) is 0 Å². The lowest BCUT2D eigenvalue weighted by Crippen LogP contribution is -2.13. The summed E-state index contributed by atoms with van der Waals surface area (Å²) in [6.07, 6.45) is 78.0. The van der Waals surface area contributed by atoms with Crippen LogP contribution in [0.2, 0.25) is 0 Å². The van der Waals surface area contributed by atoms with Crippen molar-refractivity contribution in [2.75, 3.05) is 0 Å². The Labute approximate surface area is 414 Å². The van der Waals surface area contributed by atoms with Crippen molar-refractivity contribution in [3.05, 3.63) is 11.1 Å². The van der Waals surface area contributed by atoms with Crippen molar-refractivity contribution in [3.8, 4) is 0 Å². The molecule has 0 bridgehead atoms. The minimum atomic E-state index is 0.910. The molecule has 65 heavy (non-hydrogen) atoms. The molecule has 0 aromatic rings. The third kappa shape index (κ3) is 39.2. The van der Waals surface area contributed by atoms with Crippen LogP contribution in [0.5, 0.6) is 0 Å². The fourth-order valence-electron chi connectivity index (χ4n) is 12.3. The number of rotatable bonds is 54. The van der Waals surface area contributed by atoms with Gasteiger partial charge in [-0.15, -0.1) is 0 Å². The van der Waals surface area contributed by atoms with Gasteiger partial charge in [0, 0.05) is 0 Å². The van der Waals surface area contributed by atoms with Crippen LogP contribution >= 0.6 is 0 Å². The predicted octanol–water partition coefficient (Wildman–Crippen LogP) is 24.6. The smallest absolute Gasteiger partial charge is 0.0195 e. The molecule has 4 atom stereocenters. The van der Waals surface area contributed by atoms with E-state index in [4.69, 9.17) is 0 Å². The highest BCUT2D eigenvalue weighted by Crippen LogP contribution is 2.45. The molecule has 1 aliphatic rings. The zero-order valence-corrected chi connectivity index (χ0v) is 46.8. The number of allylic oxidation sites excluding steroid dienone is 2. The Morgan fingerprint density at radius 1 is 0.277 bits per heavy atom. The maximum absolute atomic E-state index is 2.38. The Balaban J connectivity index is 3.31. The Kier molecular flexibility index (Phi) is 48.4. The van der Waals surface area contributed by atoms with Gasteiger partial charge in [-0.3, -0.25) is 0 Å². The van der Waals surface area contributed by atoms with Crippen LogP contribution in [-0.2, 0) is 0 Å². The first kappa shape index (κ1) is 62.8. The summed E-state index contributed by atoms with van der Waals surface area (Å²) >= 11 is 0. The monoisotopic (exact) mass is 909 g/mol. The molecule has 0 saturated carbocycles. The summed E-state index contributed by atoms with van der Waals surface area (Å²) in [6.45, 7) is 14.2. The normalized spacial score (nSPS) is 15.7. The molecule has 0 aromatic heterocycles. The van der Waals surface area contributed by atoms with Gasteiger partial charge >= 0.3 is 0 Å². The zero-order valence-electron chi connectivity index (χ0n) is 46.8. The van der Waals surface area contributed by atoms with Gasteiger partial charge in [-0.05, 0) is 55.8 Å². The van der Waals surface area contributed by atoms with Crippen LogP contribution in [-0.4, -0.2) is 0 Å². The standard InChI is InChI=1S/C65H128/c1-7-13-19-25-31-34-40-45-51-60(49-43-37-28-22-16-10-4)57-63-55-56-64(58-61(50-44-38-29-23-17-11-5)52-46-41-35-32-26-20-14-8-2)65(63)59-62(53-47-39-30-24-18-12-6)54-48-42-36-33-27-21-15-9-3/h60-63H,7-59H2,1-6H3. The first-order valence-corrected chi connectivity index (χ1v) is 31.8. The lowest BCUT2D eigenvalue weighted by molar-refractivity contribution is 0.321. The van der Waals surface area contributed by atoms with Crippen molar-refractivity contribution < 1.29 is 0 Å². The molecule has 0 aliphatic heterocycles. The second-order valence-electron chi connectivity index (χ2n) is 23.1. The average molecular weight is 910 g/mol. The maximum Gasteiger partial charge on any atom is -0.0195 e. The molecule has 4 unspecified atom stereocenters. The second-order valence-corrected chi connectivity index (χ2v) is 23.1. The summed E-state index contributed by atoms with van der Waals surface area (Å²) in [5.41, 5.74) is 4.13. The summed E-state index contributed by atoms with van der Waals surface area (Å²) in [4.78, 5) is 0. The van der Waals surface area contributed by atoms with Crippen LogP contribution in [0.15, 0.2) is 11.1 Å². The summed E-state index contributed by atoms with van der Waals surface area (Å²) in [7, 11) is 0. The number of unbranched alkanes of at least 4 members (excludes halogenated alkanes) is 36. The van der Waals surface area contributed by atoms with E-state index < -0.39 is 0 Å². The largest absolute Gasteiger partial charge is 0.0704 e. The Morgan fingerprint density at radius 3 is 0.785 bits per heavy atom. The fourth-order valence-corrected chi connectivity index (χ4v) is 12.3. The maximum atomic E-state index is 2.38. The van der Waals surface area contributed by atoms with Crippen LogP contribution in [0.4, 0.5) is 0 Å². The lowest BCUT2D eigenvalue weighted by Gasteiger charge is -2.27. The molecule has 388 valence electrons. The van der Waals surface area contributed by atoms with Crippen LogP contribution in [0.1, 0.15) is 382 Å². The summed E-state index contributed by atoms with van der Waals surface area (Å²) in [5, 5.41) is 0. The van der Waals surface area contributed by atoms with Gasteiger partial charge in [-0.1, -0.05) is 361 Å². The highest BCUT2D eigenvalue weighted by atomic mass is 14.4. The fraction of sp³-hybridized carbons (Fsp3) is 0.969. The molecule has 0 amide bonds. The zero-order chi connectivity index (χ0) is 46.9. The molecule has 0 radical (unpaired) electrons. The molecular weight excluding hydrogens is 781 g/mol. The summed E-state index contributed by atoms with van der Waals surface area (Å²) in [6, 6.07) is 0. The second kappa shape index (κ2) is 50.1. The van der Waals surface area contributed by atoms with Gasteiger partial charge in [-0.2, -0.15) is 0 Å². The van der Waals surface area contributed by atoms with Crippen LogP contribution in [0.3, 0.4) is 0 Å². The molecule has 0 saturated heterocycles. The molecule has 0 spiro atoms. The molecule has 1 rings (SSSR count). The van der Waals surface area contributed by atoms with E-state index in [9.17, 15) is 0 Å². The van der Waals surface area contributed by atoms with Gasteiger partial charge in [0.1, 0.15) is 0 Å². The van der Waals surface area contributed by atoms with Crippen molar-refractivity contribution in [2.45, 2.75) is 382 Å². The molecule has 0 heterocycles. The van der Waals surface area contributed by atoms with Gasteiger partial charge in [0.2, 0.25) is 0 Å². The van der Waals surface area contributed by atoms with Crippen molar-refractivity contribution in [3.63, 3.8) is 0 Å². The van der Waals surface area contributed by atoms with E-state index >= 15 is 0 Å². The first-order valence-electron chi connectivity index (χ1n) is 31.8. The van der Waals surface area contributed by atoms with E-state index in [1.54, 1.807) is 6.42 Å². The molecular formula is C65H128. The summed E-state index contributed by atoms with van der Waals surface area (Å²) < 4.78 is 0. The number of hydrogen-bond acceptors (Lipinski definition) is 0. The third-order valence-corrected chi connectivity index (χ3v) is 16.7. The minimum Gasteiger partial charge on any atom is -0.0704 e. The van der Waals surface area contributed by atoms with Crippen LogP contribution < -0.4 is 0 Å². The number of hydrogen-bond donors (Lipinski definition) is 0.